The lowest BCUT2D eigenvalue weighted by Gasteiger charge is -2.16. The molecule has 6 aromatic rings. The Morgan fingerprint density at radius 3 is 1.25 bits per heavy atom. The van der Waals surface area contributed by atoms with Gasteiger partial charge in [-0.1, -0.05) is 79.9 Å². The molecule has 0 atom stereocenters. The molecular weight excluding hydrogens is 641 g/mol. The molecule has 262 valence electrons. The predicted octanol–water partition coefficient (Wildman–Crippen LogP) is 12.1. The van der Waals surface area contributed by atoms with Crippen molar-refractivity contribution in [3.05, 3.63) is 146 Å². The largest absolute Gasteiger partial charge is 0.463 e. The number of benzene rings is 6. The molecule has 0 saturated carbocycles. The molecule has 6 aromatic carbocycles. The van der Waals surface area contributed by atoms with E-state index in [4.69, 9.17) is 9.47 Å². The molecule has 0 N–H and O–H groups in total. The topological polar surface area (TPSA) is 52.6 Å². The second-order valence-electron chi connectivity index (χ2n) is 13.8. The Hall–Kier alpha value is -5.74. The highest BCUT2D eigenvalue weighted by molar-refractivity contribution is 6.24. The fraction of sp³-hybridized carbons (Fsp3) is 0.208. The van der Waals surface area contributed by atoms with Gasteiger partial charge in [-0.25, -0.2) is 9.59 Å². The van der Waals surface area contributed by atoms with Crippen LogP contribution in [0.25, 0.3) is 65.7 Å². The Balaban J connectivity index is 1.33. The van der Waals surface area contributed by atoms with Gasteiger partial charge in [0.25, 0.3) is 0 Å². The van der Waals surface area contributed by atoms with Crippen molar-refractivity contribution in [1.29, 1.82) is 0 Å². The van der Waals surface area contributed by atoms with Gasteiger partial charge in [0.05, 0.1) is 13.2 Å². The molecule has 0 bridgehead atoms. The SMILES string of the molecule is C=CC(=O)OCCCCc1cc(CCCCOC(=O)C=C)cc(-c2cc3ccc4cc(-c5cc(C(=C)C)cc(C(=C)C)c5)cc5ccc(c2)c3c45)c1. The normalized spacial score (nSPS) is 11.2. The maximum atomic E-state index is 11.5. The van der Waals surface area contributed by atoms with Gasteiger partial charge in [-0.2, -0.15) is 0 Å². The van der Waals surface area contributed by atoms with Crippen molar-refractivity contribution >= 4 is 55.4 Å². The summed E-state index contributed by atoms with van der Waals surface area (Å²) in [6.07, 6.45) is 7.52. The summed E-state index contributed by atoms with van der Waals surface area (Å²) >= 11 is 0. The zero-order valence-corrected chi connectivity index (χ0v) is 30.4. The molecule has 4 heteroatoms. The van der Waals surface area contributed by atoms with Crippen molar-refractivity contribution in [2.24, 2.45) is 0 Å². The number of esters is 2. The van der Waals surface area contributed by atoms with Gasteiger partial charge in [0.2, 0.25) is 0 Å². The number of aryl methyl sites for hydroxylation is 2. The summed E-state index contributed by atoms with van der Waals surface area (Å²) in [7, 11) is 0. The van der Waals surface area contributed by atoms with Gasteiger partial charge in [0, 0.05) is 12.2 Å². The lowest BCUT2D eigenvalue weighted by molar-refractivity contribution is -0.138. The highest BCUT2D eigenvalue weighted by Crippen LogP contribution is 2.40. The van der Waals surface area contributed by atoms with Gasteiger partial charge < -0.3 is 9.47 Å². The van der Waals surface area contributed by atoms with Crippen LogP contribution in [-0.2, 0) is 31.9 Å². The van der Waals surface area contributed by atoms with Crippen LogP contribution in [0.3, 0.4) is 0 Å². The van der Waals surface area contributed by atoms with Crippen LogP contribution in [0.4, 0.5) is 0 Å². The summed E-state index contributed by atoms with van der Waals surface area (Å²) in [5.74, 6) is -0.772. The quantitative estimate of drug-likeness (QED) is 0.0440. The van der Waals surface area contributed by atoms with E-state index in [0.29, 0.717) is 13.2 Å². The molecule has 0 heterocycles. The van der Waals surface area contributed by atoms with Crippen LogP contribution in [0.1, 0.15) is 61.8 Å². The van der Waals surface area contributed by atoms with Crippen LogP contribution in [-0.4, -0.2) is 25.2 Å². The monoisotopic (exact) mass is 686 g/mol. The van der Waals surface area contributed by atoms with Gasteiger partial charge in [-0.05, 0) is 172 Å². The van der Waals surface area contributed by atoms with Gasteiger partial charge in [-0.15, -0.1) is 0 Å². The summed E-state index contributed by atoms with van der Waals surface area (Å²) in [6, 6.07) is 31.7. The van der Waals surface area contributed by atoms with Crippen LogP contribution in [0, 0.1) is 0 Å². The number of rotatable bonds is 16. The van der Waals surface area contributed by atoms with Crippen molar-refractivity contribution in [3.8, 4) is 22.3 Å². The fourth-order valence-electron chi connectivity index (χ4n) is 7.00. The minimum absolute atomic E-state index is 0.384. The average molecular weight is 687 g/mol. The third kappa shape index (κ3) is 8.24. The molecule has 52 heavy (non-hydrogen) atoms. The average Bonchev–Trinajstić information content (AvgIpc) is 3.15. The number of carbonyl (C=O) groups excluding carboxylic acids is 2. The number of ether oxygens (including phenoxy) is 2. The summed E-state index contributed by atoms with van der Waals surface area (Å²) in [6.45, 7) is 20.2. The molecule has 4 nitrogen and oxygen atoms in total. The second-order valence-corrected chi connectivity index (χ2v) is 13.8. The molecule has 0 aliphatic carbocycles. The van der Waals surface area contributed by atoms with Crippen molar-refractivity contribution in [2.45, 2.75) is 52.4 Å². The Labute approximate surface area is 307 Å². The summed E-state index contributed by atoms with van der Waals surface area (Å²) < 4.78 is 10.4. The molecule has 6 rings (SSSR count). The van der Waals surface area contributed by atoms with Gasteiger partial charge >= 0.3 is 11.9 Å². The molecule has 0 aliphatic heterocycles. The first-order valence-electron chi connectivity index (χ1n) is 18.0. The zero-order valence-electron chi connectivity index (χ0n) is 30.4. The number of carbonyl (C=O) groups is 2. The summed E-state index contributed by atoms with van der Waals surface area (Å²) in [5.41, 5.74) is 11.5. The van der Waals surface area contributed by atoms with E-state index < -0.39 is 0 Å². The standard InChI is InChI=1S/C48H46O4/c1-7-45(49)51-19-11-9-13-33-21-34(14-10-12-20-52-46(50)8-2)23-41(22-33)42-24-35-15-17-37-26-43(27-38-18-16-36(25-42)47(35)48(37)38)44-29-39(31(3)4)28-40(30-44)32(5)6/h7-8,15-18,21-30H,1-3,5,9-14,19-20H2,4,6H3. The molecule has 0 unspecified atom stereocenters. The van der Waals surface area contributed by atoms with Crippen molar-refractivity contribution < 1.29 is 19.1 Å². The minimum atomic E-state index is -0.386. The Bertz CT molecular complexity index is 2190. The Kier molecular flexibility index (Phi) is 11.2. The second kappa shape index (κ2) is 16.1. The van der Waals surface area contributed by atoms with Gasteiger partial charge in [-0.3, -0.25) is 0 Å². The lowest BCUT2D eigenvalue weighted by Crippen LogP contribution is -2.03. The first kappa shape index (κ1) is 36.1. The maximum Gasteiger partial charge on any atom is 0.330 e. The third-order valence-electron chi connectivity index (χ3n) is 9.71. The number of unbranched alkanes of at least 4 members (excludes halogenated alkanes) is 2. The molecular formula is C48H46O4. The van der Waals surface area contributed by atoms with E-state index in [1.54, 1.807) is 0 Å². The maximum absolute atomic E-state index is 11.5. The lowest BCUT2D eigenvalue weighted by atomic mass is 9.88. The molecule has 0 spiro atoms. The van der Waals surface area contributed by atoms with Gasteiger partial charge in [0.1, 0.15) is 0 Å². The van der Waals surface area contributed by atoms with Crippen molar-refractivity contribution in [1.82, 2.24) is 0 Å². The fourth-order valence-corrected chi connectivity index (χ4v) is 7.00. The van der Waals surface area contributed by atoms with E-state index >= 15 is 0 Å². The van der Waals surface area contributed by atoms with E-state index in [2.05, 4.69) is 111 Å². The van der Waals surface area contributed by atoms with Crippen molar-refractivity contribution in [3.63, 3.8) is 0 Å². The smallest absolute Gasteiger partial charge is 0.330 e. The Morgan fingerprint density at radius 2 is 0.885 bits per heavy atom. The van der Waals surface area contributed by atoms with Crippen molar-refractivity contribution in [2.75, 3.05) is 13.2 Å². The number of hydrogen-bond acceptors (Lipinski definition) is 4. The molecule has 0 fully saturated rings. The molecule has 0 aromatic heterocycles. The zero-order chi connectivity index (χ0) is 36.8. The summed E-state index contributed by atoms with van der Waals surface area (Å²) in [4.78, 5) is 22.9. The Morgan fingerprint density at radius 1 is 0.519 bits per heavy atom. The predicted molar refractivity (Wildman–Crippen MR) is 219 cm³/mol. The van der Waals surface area contributed by atoms with Crippen LogP contribution < -0.4 is 0 Å². The van der Waals surface area contributed by atoms with E-state index in [9.17, 15) is 9.59 Å². The third-order valence-corrected chi connectivity index (χ3v) is 9.71. The van der Waals surface area contributed by atoms with Crippen LogP contribution in [0.5, 0.6) is 0 Å². The van der Waals surface area contributed by atoms with Crippen LogP contribution in [0.2, 0.25) is 0 Å². The molecule has 0 saturated heterocycles. The molecule has 0 aliphatic rings. The first-order valence-corrected chi connectivity index (χ1v) is 18.0. The summed E-state index contributed by atoms with van der Waals surface area (Å²) in [5, 5.41) is 7.43. The van der Waals surface area contributed by atoms with E-state index in [0.717, 1.165) is 66.4 Å². The first-order chi connectivity index (χ1) is 25.1. The number of hydrogen-bond donors (Lipinski definition) is 0. The van der Waals surface area contributed by atoms with Gasteiger partial charge in [0.15, 0.2) is 0 Å². The highest BCUT2D eigenvalue weighted by atomic mass is 16.5. The molecule has 0 amide bonds. The van der Waals surface area contributed by atoms with E-state index in [-0.39, 0.29) is 11.9 Å². The minimum Gasteiger partial charge on any atom is -0.463 e. The van der Waals surface area contributed by atoms with Crippen LogP contribution in [0.15, 0.2) is 123 Å². The van der Waals surface area contributed by atoms with E-state index in [1.807, 2.05) is 13.8 Å². The van der Waals surface area contributed by atoms with E-state index in [1.165, 1.54) is 72.3 Å². The van der Waals surface area contributed by atoms with Crippen LogP contribution >= 0.6 is 0 Å². The number of allylic oxidation sites excluding steroid dienone is 2. The molecule has 0 radical (unpaired) electrons. The highest BCUT2D eigenvalue weighted by Gasteiger charge is 2.14.